The smallest absolute Gasteiger partial charge is 0.231 e. The normalized spacial score (nSPS) is 16.0. The number of halogens is 2. The summed E-state index contributed by atoms with van der Waals surface area (Å²) < 4.78 is 13.5. The van der Waals surface area contributed by atoms with E-state index in [2.05, 4.69) is 9.88 Å². The van der Waals surface area contributed by atoms with Gasteiger partial charge in [-0.3, -0.25) is 9.69 Å². The number of benzene rings is 1. The molecule has 3 rings (SSSR count). The zero-order chi connectivity index (χ0) is 16.6. The average Bonchev–Trinajstić information content (AvgIpc) is 2.51. The SMILES string of the molecule is Cc1c(N2CCN(CC(N)=O)CC2)nc2cc(F)ccc2c1Cl. The Labute approximate surface area is 138 Å². The Bertz CT molecular complexity index is 759. The molecule has 23 heavy (non-hydrogen) atoms. The van der Waals surface area contributed by atoms with Crippen molar-refractivity contribution in [3.05, 3.63) is 34.6 Å². The summed E-state index contributed by atoms with van der Waals surface area (Å²) in [7, 11) is 0. The number of fused-ring (bicyclic) bond motifs is 1. The lowest BCUT2D eigenvalue weighted by Gasteiger charge is -2.35. The zero-order valence-corrected chi connectivity index (χ0v) is 13.6. The number of primary amides is 1. The number of hydrogen-bond donors (Lipinski definition) is 1. The fraction of sp³-hybridized carbons (Fsp3) is 0.375. The van der Waals surface area contributed by atoms with Crippen molar-refractivity contribution >= 4 is 34.2 Å². The van der Waals surface area contributed by atoms with Gasteiger partial charge in [-0.05, 0) is 19.1 Å². The van der Waals surface area contributed by atoms with Gasteiger partial charge in [-0.1, -0.05) is 11.6 Å². The van der Waals surface area contributed by atoms with Gasteiger partial charge in [0.05, 0.1) is 17.1 Å². The predicted molar refractivity (Wildman–Crippen MR) is 89.3 cm³/mol. The lowest BCUT2D eigenvalue weighted by atomic mass is 10.1. The van der Waals surface area contributed by atoms with Gasteiger partial charge in [0.2, 0.25) is 5.91 Å². The van der Waals surface area contributed by atoms with Crippen LogP contribution >= 0.6 is 11.6 Å². The number of piperazine rings is 1. The Balaban J connectivity index is 1.88. The van der Waals surface area contributed by atoms with Crippen LogP contribution in [0.2, 0.25) is 5.02 Å². The van der Waals surface area contributed by atoms with Crippen LogP contribution in [0, 0.1) is 12.7 Å². The highest BCUT2D eigenvalue weighted by Gasteiger charge is 2.22. The first-order valence-electron chi connectivity index (χ1n) is 7.46. The van der Waals surface area contributed by atoms with Crippen LogP contribution < -0.4 is 10.6 Å². The maximum absolute atomic E-state index is 13.5. The van der Waals surface area contributed by atoms with Crippen molar-refractivity contribution < 1.29 is 9.18 Å². The van der Waals surface area contributed by atoms with Crippen LogP contribution in [0.5, 0.6) is 0 Å². The average molecular weight is 337 g/mol. The largest absolute Gasteiger partial charge is 0.369 e. The lowest BCUT2D eigenvalue weighted by Crippen LogP contribution is -2.49. The summed E-state index contributed by atoms with van der Waals surface area (Å²) in [5.74, 6) is 0.117. The molecular weight excluding hydrogens is 319 g/mol. The summed E-state index contributed by atoms with van der Waals surface area (Å²) in [6.07, 6.45) is 0. The topological polar surface area (TPSA) is 62.5 Å². The number of nitrogens with zero attached hydrogens (tertiary/aromatic N) is 3. The molecule has 0 aliphatic carbocycles. The van der Waals surface area contributed by atoms with Gasteiger partial charge in [0.1, 0.15) is 11.6 Å². The van der Waals surface area contributed by atoms with Crippen LogP contribution in [0.25, 0.3) is 10.9 Å². The summed E-state index contributed by atoms with van der Waals surface area (Å²) in [6, 6.07) is 4.44. The fourth-order valence-electron chi connectivity index (χ4n) is 2.93. The van der Waals surface area contributed by atoms with Gasteiger partial charge in [0.25, 0.3) is 0 Å². The molecule has 5 nitrogen and oxygen atoms in total. The first-order valence-corrected chi connectivity index (χ1v) is 7.84. The van der Waals surface area contributed by atoms with Crippen molar-refractivity contribution in [3.63, 3.8) is 0 Å². The molecule has 1 amide bonds. The minimum atomic E-state index is -0.331. The van der Waals surface area contributed by atoms with Crippen molar-refractivity contribution in [1.29, 1.82) is 0 Å². The van der Waals surface area contributed by atoms with Gasteiger partial charge < -0.3 is 10.6 Å². The first-order chi connectivity index (χ1) is 11.0. The minimum absolute atomic E-state index is 0.268. The lowest BCUT2D eigenvalue weighted by molar-refractivity contribution is -0.119. The van der Waals surface area contributed by atoms with Crippen molar-refractivity contribution in [2.24, 2.45) is 5.73 Å². The summed E-state index contributed by atoms with van der Waals surface area (Å²) in [5.41, 5.74) is 6.66. The van der Waals surface area contributed by atoms with E-state index >= 15 is 0 Å². The summed E-state index contributed by atoms with van der Waals surface area (Å²) >= 11 is 6.44. The maximum atomic E-state index is 13.5. The van der Waals surface area contributed by atoms with Crippen LogP contribution in [0.4, 0.5) is 10.2 Å². The quantitative estimate of drug-likeness (QED) is 0.930. The molecule has 0 spiro atoms. The minimum Gasteiger partial charge on any atom is -0.369 e. The third-order valence-corrected chi connectivity index (χ3v) is 4.63. The highest BCUT2D eigenvalue weighted by molar-refractivity contribution is 6.36. The number of rotatable bonds is 3. The van der Waals surface area contributed by atoms with E-state index in [0.29, 0.717) is 10.5 Å². The Hall–Kier alpha value is -1.92. The number of amides is 1. The highest BCUT2D eigenvalue weighted by Crippen LogP contribution is 2.32. The molecule has 1 aliphatic heterocycles. The number of carbonyl (C=O) groups is 1. The number of pyridine rings is 1. The van der Waals surface area contributed by atoms with E-state index in [9.17, 15) is 9.18 Å². The van der Waals surface area contributed by atoms with E-state index in [4.69, 9.17) is 17.3 Å². The standard InChI is InChI=1S/C16H18ClFN4O/c1-10-15(17)12-3-2-11(18)8-13(12)20-16(10)22-6-4-21(5-7-22)9-14(19)23/h2-3,8H,4-7,9H2,1H3,(H2,19,23). The van der Waals surface area contributed by atoms with E-state index in [-0.39, 0.29) is 18.3 Å². The number of nitrogens with two attached hydrogens (primary N) is 1. The molecule has 1 saturated heterocycles. The van der Waals surface area contributed by atoms with E-state index in [0.717, 1.165) is 42.9 Å². The Morgan fingerprint density at radius 2 is 2.04 bits per heavy atom. The third-order valence-electron chi connectivity index (χ3n) is 4.14. The fourth-order valence-corrected chi connectivity index (χ4v) is 3.17. The second-order valence-corrected chi connectivity index (χ2v) is 6.14. The van der Waals surface area contributed by atoms with Crippen LogP contribution in [-0.4, -0.2) is 48.5 Å². The molecule has 7 heteroatoms. The molecule has 1 fully saturated rings. The van der Waals surface area contributed by atoms with Gasteiger partial charge >= 0.3 is 0 Å². The maximum Gasteiger partial charge on any atom is 0.231 e. The molecular formula is C16H18ClFN4O. The summed E-state index contributed by atoms with van der Waals surface area (Å²) in [6.45, 7) is 5.08. The number of hydrogen-bond acceptors (Lipinski definition) is 4. The predicted octanol–water partition coefficient (Wildman–Crippen LogP) is 1.94. The number of anilines is 1. The Morgan fingerprint density at radius 3 is 2.70 bits per heavy atom. The number of aromatic nitrogens is 1. The second kappa shape index (κ2) is 6.29. The molecule has 0 unspecified atom stereocenters. The zero-order valence-electron chi connectivity index (χ0n) is 12.9. The van der Waals surface area contributed by atoms with Crippen molar-refractivity contribution in [2.75, 3.05) is 37.6 Å². The molecule has 1 aliphatic rings. The molecule has 2 N–H and O–H groups in total. The third kappa shape index (κ3) is 3.23. The van der Waals surface area contributed by atoms with Crippen molar-refractivity contribution in [2.45, 2.75) is 6.92 Å². The molecule has 0 bridgehead atoms. The van der Waals surface area contributed by atoms with E-state index in [1.807, 2.05) is 11.8 Å². The monoisotopic (exact) mass is 336 g/mol. The first kappa shape index (κ1) is 16.0. The molecule has 0 radical (unpaired) electrons. The molecule has 122 valence electrons. The molecule has 0 saturated carbocycles. The van der Waals surface area contributed by atoms with Crippen LogP contribution in [0.1, 0.15) is 5.56 Å². The molecule has 2 heterocycles. The van der Waals surface area contributed by atoms with Crippen molar-refractivity contribution in [1.82, 2.24) is 9.88 Å². The van der Waals surface area contributed by atoms with Gasteiger partial charge in [0, 0.05) is 43.2 Å². The van der Waals surface area contributed by atoms with Gasteiger partial charge in [0.15, 0.2) is 0 Å². The van der Waals surface area contributed by atoms with E-state index in [1.54, 1.807) is 6.07 Å². The summed E-state index contributed by atoms with van der Waals surface area (Å²) in [4.78, 5) is 19.7. The van der Waals surface area contributed by atoms with Gasteiger partial charge in [-0.25, -0.2) is 9.37 Å². The van der Waals surface area contributed by atoms with E-state index < -0.39 is 0 Å². The van der Waals surface area contributed by atoms with Gasteiger partial charge in [-0.2, -0.15) is 0 Å². The molecule has 2 aromatic rings. The Morgan fingerprint density at radius 1 is 1.35 bits per heavy atom. The molecule has 1 aromatic carbocycles. The molecule has 1 aromatic heterocycles. The molecule has 0 atom stereocenters. The van der Waals surface area contributed by atoms with Crippen LogP contribution in [0.15, 0.2) is 18.2 Å². The van der Waals surface area contributed by atoms with Gasteiger partial charge in [-0.15, -0.1) is 0 Å². The Kier molecular flexibility index (Phi) is 4.37. The highest BCUT2D eigenvalue weighted by atomic mass is 35.5. The second-order valence-electron chi connectivity index (χ2n) is 5.77. The number of carbonyl (C=O) groups excluding carboxylic acids is 1. The van der Waals surface area contributed by atoms with Crippen molar-refractivity contribution in [3.8, 4) is 0 Å². The van der Waals surface area contributed by atoms with Crippen LogP contribution in [-0.2, 0) is 4.79 Å². The van der Waals surface area contributed by atoms with Crippen LogP contribution in [0.3, 0.4) is 0 Å². The van der Waals surface area contributed by atoms with E-state index in [1.165, 1.54) is 12.1 Å². The summed E-state index contributed by atoms with van der Waals surface area (Å²) in [5, 5.41) is 1.35.